The Morgan fingerprint density at radius 3 is 2.58 bits per heavy atom. The lowest BCUT2D eigenvalue weighted by Crippen LogP contribution is -2.40. The van der Waals surface area contributed by atoms with Gasteiger partial charge in [-0.2, -0.15) is 0 Å². The van der Waals surface area contributed by atoms with E-state index in [9.17, 15) is 9.59 Å². The monoisotopic (exact) mass is 335 g/mol. The number of unbranched alkanes of at least 4 members (excludes halogenated alkanes) is 1. The van der Waals surface area contributed by atoms with E-state index in [4.69, 9.17) is 0 Å². The van der Waals surface area contributed by atoms with E-state index < -0.39 is 0 Å². The lowest BCUT2D eigenvalue weighted by Gasteiger charge is -2.23. The molecule has 0 spiro atoms. The summed E-state index contributed by atoms with van der Waals surface area (Å²) >= 11 is 0. The average molecular weight is 335 g/mol. The number of urea groups is 1. The van der Waals surface area contributed by atoms with E-state index in [-0.39, 0.29) is 12.0 Å². The molecule has 0 aliphatic heterocycles. The molecular formula is C18H29N3O3. The van der Waals surface area contributed by atoms with E-state index in [2.05, 4.69) is 52.3 Å². The summed E-state index contributed by atoms with van der Waals surface area (Å²) in [4.78, 5) is 24.9. The zero-order valence-electron chi connectivity index (χ0n) is 14.9. The van der Waals surface area contributed by atoms with Crippen molar-refractivity contribution in [1.29, 1.82) is 0 Å². The fourth-order valence-corrected chi connectivity index (χ4v) is 2.36. The molecule has 0 bridgehead atoms. The number of hydrogen-bond donors (Lipinski definition) is 2. The minimum Gasteiger partial charge on any atom is -0.469 e. The number of ether oxygens (including phenoxy) is 1. The second-order valence-electron chi connectivity index (χ2n) is 5.63. The van der Waals surface area contributed by atoms with Crippen molar-refractivity contribution in [2.45, 2.75) is 33.1 Å². The Kier molecular flexibility index (Phi) is 9.34. The standard InChI is InChI=1S/C18H29N3O3/c1-4-21(16-9-7-8-15(2)14-16)13-12-20-18(23)19-11-6-5-10-17(22)24-3/h7-9,14H,4-6,10-13H2,1-3H3,(H2,19,20,23). The first-order valence-corrected chi connectivity index (χ1v) is 8.47. The lowest BCUT2D eigenvalue weighted by molar-refractivity contribution is -0.140. The third-order valence-electron chi connectivity index (χ3n) is 3.74. The van der Waals surface area contributed by atoms with Gasteiger partial charge in [0, 0.05) is 38.3 Å². The Bertz CT molecular complexity index is 520. The molecule has 0 aliphatic carbocycles. The third-order valence-corrected chi connectivity index (χ3v) is 3.74. The van der Waals surface area contributed by atoms with Crippen LogP contribution < -0.4 is 15.5 Å². The first-order valence-electron chi connectivity index (χ1n) is 8.47. The summed E-state index contributed by atoms with van der Waals surface area (Å²) in [5.74, 6) is -0.213. The maximum atomic E-state index is 11.7. The molecule has 0 heterocycles. The Morgan fingerprint density at radius 1 is 1.17 bits per heavy atom. The SMILES string of the molecule is CCN(CCNC(=O)NCCCCC(=O)OC)c1cccc(C)c1. The molecule has 0 atom stereocenters. The van der Waals surface area contributed by atoms with Crippen molar-refractivity contribution >= 4 is 17.7 Å². The van der Waals surface area contributed by atoms with Crippen molar-refractivity contribution in [3.05, 3.63) is 29.8 Å². The van der Waals surface area contributed by atoms with Crippen molar-refractivity contribution in [1.82, 2.24) is 10.6 Å². The van der Waals surface area contributed by atoms with Gasteiger partial charge in [-0.3, -0.25) is 4.79 Å². The number of likely N-dealkylation sites (N-methyl/N-ethyl adjacent to an activating group) is 1. The predicted molar refractivity (Wildman–Crippen MR) is 96.3 cm³/mol. The average Bonchev–Trinajstić information content (AvgIpc) is 2.58. The highest BCUT2D eigenvalue weighted by atomic mass is 16.5. The van der Waals surface area contributed by atoms with E-state index in [0.29, 0.717) is 25.9 Å². The summed E-state index contributed by atoms with van der Waals surface area (Å²) < 4.78 is 4.56. The lowest BCUT2D eigenvalue weighted by atomic mass is 10.2. The number of benzene rings is 1. The number of carbonyl (C=O) groups is 2. The van der Waals surface area contributed by atoms with Crippen LogP contribution in [0.5, 0.6) is 0 Å². The Labute approximate surface area is 144 Å². The van der Waals surface area contributed by atoms with Gasteiger partial charge < -0.3 is 20.3 Å². The highest BCUT2D eigenvalue weighted by molar-refractivity contribution is 5.73. The van der Waals surface area contributed by atoms with Crippen LogP contribution in [-0.4, -0.2) is 45.3 Å². The number of methoxy groups -OCH3 is 1. The van der Waals surface area contributed by atoms with Crippen molar-refractivity contribution in [3.63, 3.8) is 0 Å². The Morgan fingerprint density at radius 2 is 1.92 bits per heavy atom. The van der Waals surface area contributed by atoms with E-state index in [1.54, 1.807) is 0 Å². The molecule has 0 saturated heterocycles. The van der Waals surface area contributed by atoms with Crippen LogP contribution in [0.2, 0.25) is 0 Å². The second kappa shape index (κ2) is 11.3. The van der Waals surface area contributed by atoms with E-state index in [1.807, 2.05) is 6.07 Å². The van der Waals surface area contributed by atoms with Crippen LogP contribution in [0.1, 0.15) is 31.7 Å². The molecule has 2 N–H and O–H groups in total. The van der Waals surface area contributed by atoms with Gasteiger partial charge in [-0.15, -0.1) is 0 Å². The minimum absolute atomic E-state index is 0.173. The summed E-state index contributed by atoms with van der Waals surface area (Å²) in [7, 11) is 1.38. The quantitative estimate of drug-likeness (QED) is 0.509. The number of anilines is 1. The van der Waals surface area contributed by atoms with Crippen molar-refractivity contribution in [3.8, 4) is 0 Å². The summed E-state index contributed by atoms with van der Waals surface area (Å²) in [6.45, 7) is 6.96. The van der Waals surface area contributed by atoms with Gasteiger partial charge in [-0.1, -0.05) is 12.1 Å². The van der Waals surface area contributed by atoms with Crippen LogP contribution >= 0.6 is 0 Å². The fraction of sp³-hybridized carbons (Fsp3) is 0.556. The molecule has 0 fully saturated rings. The molecule has 1 rings (SSSR count). The van der Waals surface area contributed by atoms with Crippen molar-refractivity contribution in [2.24, 2.45) is 0 Å². The maximum absolute atomic E-state index is 11.7. The fourth-order valence-electron chi connectivity index (χ4n) is 2.36. The maximum Gasteiger partial charge on any atom is 0.314 e. The first kappa shape index (κ1) is 19.8. The molecule has 24 heavy (non-hydrogen) atoms. The molecule has 0 aromatic heterocycles. The molecule has 6 heteroatoms. The predicted octanol–water partition coefficient (Wildman–Crippen LogP) is 2.46. The molecule has 1 aromatic rings. The topological polar surface area (TPSA) is 70.7 Å². The Balaban J connectivity index is 2.18. The molecule has 134 valence electrons. The third kappa shape index (κ3) is 7.85. The zero-order valence-corrected chi connectivity index (χ0v) is 14.9. The first-order chi connectivity index (χ1) is 11.6. The van der Waals surface area contributed by atoms with Gasteiger partial charge in [0.2, 0.25) is 0 Å². The number of hydrogen-bond acceptors (Lipinski definition) is 4. The van der Waals surface area contributed by atoms with Crippen LogP contribution in [0.25, 0.3) is 0 Å². The van der Waals surface area contributed by atoms with E-state index >= 15 is 0 Å². The van der Waals surface area contributed by atoms with Gasteiger partial charge in [0.25, 0.3) is 0 Å². The van der Waals surface area contributed by atoms with Gasteiger partial charge in [0.05, 0.1) is 7.11 Å². The molecule has 0 aliphatic rings. The number of nitrogens with zero attached hydrogens (tertiary/aromatic N) is 1. The molecule has 2 amide bonds. The molecule has 0 radical (unpaired) electrons. The largest absolute Gasteiger partial charge is 0.469 e. The molecular weight excluding hydrogens is 306 g/mol. The number of esters is 1. The second-order valence-corrected chi connectivity index (χ2v) is 5.63. The summed E-state index contributed by atoms with van der Waals surface area (Å²) in [6, 6.07) is 8.17. The van der Waals surface area contributed by atoms with Crippen LogP contribution in [0, 0.1) is 6.92 Å². The van der Waals surface area contributed by atoms with E-state index in [1.165, 1.54) is 18.4 Å². The normalized spacial score (nSPS) is 10.1. The smallest absolute Gasteiger partial charge is 0.314 e. The summed E-state index contributed by atoms with van der Waals surface area (Å²) in [5, 5.41) is 5.65. The van der Waals surface area contributed by atoms with Gasteiger partial charge in [0.15, 0.2) is 0 Å². The van der Waals surface area contributed by atoms with Crippen LogP contribution in [-0.2, 0) is 9.53 Å². The van der Waals surface area contributed by atoms with Crippen LogP contribution in [0.15, 0.2) is 24.3 Å². The van der Waals surface area contributed by atoms with E-state index in [0.717, 1.165) is 19.5 Å². The van der Waals surface area contributed by atoms with Crippen molar-refractivity contribution in [2.75, 3.05) is 38.2 Å². The number of nitrogens with one attached hydrogen (secondary N) is 2. The van der Waals surface area contributed by atoms with Gasteiger partial charge >= 0.3 is 12.0 Å². The highest BCUT2D eigenvalue weighted by Gasteiger charge is 2.06. The van der Waals surface area contributed by atoms with Gasteiger partial charge in [0.1, 0.15) is 0 Å². The zero-order chi connectivity index (χ0) is 17.8. The highest BCUT2D eigenvalue weighted by Crippen LogP contribution is 2.14. The number of amides is 2. The van der Waals surface area contributed by atoms with Gasteiger partial charge in [-0.25, -0.2) is 4.79 Å². The molecule has 1 aromatic carbocycles. The molecule has 0 saturated carbocycles. The number of carbonyl (C=O) groups excluding carboxylic acids is 2. The molecule has 0 unspecified atom stereocenters. The van der Waals surface area contributed by atoms with Crippen molar-refractivity contribution < 1.29 is 14.3 Å². The Hall–Kier alpha value is -2.24. The minimum atomic E-state index is -0.213. The van der Waals surface area contributed by atoms with Crippen LogP contribution in [0.3, 0.4) is 0 Å². The summed E-state index contributed by atoms with van der Waals surface area (Å²) in [6.07, 6.45) is 1.86. The van der Waals surface area contributed by atoms with Crippen LogP contribution in [0.4, 0.5) is 10.5 Å². The number of aryl methyl sites for hydroxylation is 1. The molecule has 6 nitrogen and oxygen atoms in total. The number of rotatable bonds is 10. The van der Waals surface area contributed by atoms with Gasteiger partial charge in [-0.05, 0) is 44.4 Å². The summed E-state index contributed by atoms with van der Waals surface area (Å²) in [5.41, 5.74) is 2.39.